The summed E-state index contributed by atoms with van der Waals surface area (Å²) in [5, 5.41) is 0.119. The standard InChI is InChI=1S/C25H30F2N2O2P/c1-17(2)21-15-30-23-24-29(22(16-31-24)18(3)4)25(28(21)23)32(26,27,19-11-7-5-8-12-19)20-13-9-6-10-14-20/h5-14,17-18,21-22H,15-16H2,1-4H3/q+1/t21-,22-/m1/s1. The molecule has 0 saturated heterocycles. The van der Waals surface area contributed by atoms with Gasteiger partial charge in [-0.1, -0.05) is 0 Å². The van der Waals surface area contributed by atoms with Gasteiger partial charge in [0.1, 0.15) is 0 Å². The Morgan fingerprint density at radius 1 is 0.844 bits per heavy atom. The summed E-state index contributed by atoms with van der Waals surface area (Å²) >= 11 is 0. The molecule has 1 aromatic heterocycles. The molecule has 0 bridgehead atoms. The van der Waals surface area contributed by atoms with E-state index >= 15 is 8.39 Å². The first-order valence-corrected chi connectivity index (χ1v) is 13.3. The second-order valence-electron chi connectivity index (χ2n) is 9.47. The van der Waals surface area contributed by atoms with E-state index in [-0.39, 0.29) is 40.1 Å². The Balaban J connectivity index is 1.93. The zero-order chi connectivity index (χ0) is 22.7. The Kier molecular flexibility index (Phi) is 4.86. The van der Waals surface area contributed by atoms with Gasteiger partial charge in [-0.15, -0.1) is 0 Å². The number of halogens is 2. The molecule has 5 rings (SSSR count). The summed E-state index contributed by atoms with van der Waals surface area (Å²) in [7, 11) is -5.87. The van der Waals surface area contributed by atoms with Crippen molar-refractivity contribution in [2.75, 3.05) is 13.2 Å². The van der Waals surface area contributed by atoms with Gasteiger partial charge >= 0.3 is 188 Å². The number of hydrogen-bond acceptors (Lipinski definition) is 2. The van der Waals surface area contributed by atoms with Crippen molar-refractivity contribution in [2.24, 2.45) is 11.8 Å². The van der Waals surface area contributed by atoms with Crippen molar-refractivity contribution in [1.82, 2.24) is 4.57 Å². The Morgan fingerprint density at radius 2 is 1.41 bits per heavy atom. The van der Waals surface area contributed by atoms with Gasteiger partial charge in [-0.2, -0.15) is 0 Å². The third-order valence-electron chi connectivity index (χ3n) is 6.81. The summed E-state index contributed by atoms with van der Waals surface area (Å²) in [6.45, 7) is 8.97. The van der Waals surface area contributed by atoms with E-state index in [9.17, 15) is 0 Å². The van der Waals surface area contributed by atoms with E-state index in [1.54, 1.807) is 69.8 Å². The summed E-state index contributed by atoms with van der Waals surface area (Å²) in [5.41, 5.74) is 0.0470. The van der Waals surface area contributed by atoms with Gasteiger partial charge in [0.25, 0.3) is 0 Å². The van der Waals surface area contributed by atoms with Crippen molar-refractivity contribution in [3.05, 3.63) is 60.7 Å². The second kappa shape index (κ2) is 7.28. The average molecular weight is 459 g/mol. The maximum atomic E-state index is 18.0. The summed E-state index contributed by atoms with van der Waals surface area (Å²) in [6.07, 6.45) is 0. The van der Waals surface area contributed by atoms with E-state index in [1.165, 1.54) is 0 Å². The molecule has 0 spiro atoms. The number of rotatable bonds is 5. The monoisotopic (exact) mass is 459 g/mol. The average Bonchev–Trinajstić information content (AvgIpc) is 3.46. The van der Waals surface area contributed by atoms with Crippen molar-refractivity contribution in [1.29, 1.82) is 0 Å². The first-order chi connectivity index (χ1) is 15.2. The van der Waals surface area contributed by atoms with Crippen LogP contribution >= 0.6 is 7.22 Å². The molecule has 0 unspecified atom stereocenters. The molecule has 2 aliphatic rings. The van der Waals surface area contributed by atoms with Crippen molar-refractivity contribution in [3.8, 4) is 11.8 Å². The quantitative estimate of drug-likeness (QED) is 0.414. The van der Waals surface area contributed by atoms with E-state index in [0.29, 0.717) is 25.0 Å². The van der Waals surface area contributed by atoms with Gasteiger partial charge in [0, 0.05) is 0 Å². The van der Waals surface area contributed by atoms with Crippen LogP contribution in [0, 0.1) is 11.8 Å². The first-order valence-electron chi connectivity index (χ1n) is 11.3. The number of nitrogens with zero attached hydrogens (tertiary/aromatic N) is 2. The number of ether oxygens (including phenoxy) is 2. The predicted molar refractivity (Wildman–Crippen MR) is 124 cm³/mol. The normalized spacial score (nSPS) is 21.1. The minimum absolute atomic E-state index is 0.0470. The number of hydrogen-bond donors (Lipinski definition) is 0. The predicted octanol–water partition coefficient (Wildman–Crippen LogP) is 4.55. The number of fused-ring (bicyclic) bond motifs is 3. The van der Waals surface area contributed by atoms with E-state index < -0.39 is 7.22 Å². The van der Waals surface area contributed by atoms with Crippen molar-refractivity contribution >= 4 is 23.4 Å². The van der Waals surface area contributed by atoms with E-state index in [2.05, 4.69) is 27.7 Å². The van der Waals surface area contributed by atoms with Crippen LogP contribution in [0.25, 0.3) is 0 Å². The fourth-order valence-electron chi connectivity index (χ4n) is 4.96. The third kappa shape index (κ3) is 2.78. The van der Waals surface area contributed by atoms with Gasteiger partial charge in [-0.3, -0.25) is 0 Å². The third-order valence-corrected chi connectivity index (χ3v) is 10.3. The van der Waals surface area contributed by atoms with Crippen LogP contribution in [0.4, 0.5) is 8.39 Å². The van der Waals surface area contributed by atoms with Crippen LogP contribution in [0.5, 0.6) is 11.8 Å². The number of imidazole rings is 1. The van der Waals surface area contributed by atoms with E-state index in [0.717, 1.165) is 0 Å². The zero-order valence-corrected chi connectivity index (χ0v) is 19.8. The topological polar surface area (TPSA) is 27.3 Å². The van der Waals surface area contributed by atoms with Crippen LogP contribution in [0.15, 0.2) is 60.7 Å². The van der Waals surface area contributed by atoms with Crippen LogP contribution in [-0.4, -0.2) is 17.8 Å². The molecule has 0 amide bonds. The molecule has 2 aromatic carbocycles. The molecule has 3 aromatic rings. The van der Waals surface area contributed by atoms with Crippen LogP contribution in [0.1, 0.15) is 39.8 Å². The Hall–Kier alpha value is -2.46. The molecular formula is C25H30F2N2O2P+. The Labute approximate surface area is 188 Å². The summed E-state index contributed by atoms with van der Waals surface area (Å²) < 4.78 is 51.6. The van der Waals surface area contributed by atoms with Crippen molar-refractivity contribution < 1.29 is 22.4 Å². The molecule has 0 radical (unpaired) electrons. The fraction of sp³-hybridized carbons (Fsp3) is 0.400. The first kappa shape index (κ1) is 21.4. The molecule has 3 heterocycles. The van der Waals surface area contributed by atoms with Crippen LogP contribution in [-0.2, 0) is 0 Å². The zero-order valence-electron chi connectivity index (χ0n) is 18.9. The van der Waals surface area contributed by atoms with Gasteiger partial charge in [0.05, 0.1) is 0 Å². The molecule has 170 valence electrons. The molecule has 7 heteroatoms. The summed E-state index contributed by atoms with van der Waals surface area (Å²) in [4.78, 5) is 0. The van der Waals surface area contributed by atoms with Gasteiger partial charge < -0.3 is 0 Å². The van der Waals surface area contributed by atoms with E-state index in [1.807, 2.05) is 0 Å². The molecule has 0 fully saturated rings. The van der Waals surface area contributed by atoms with Gasteiger partial charge in [0.2, 0.25) is 0 Å². The molecule has 2 aliphatic heterocycles. The SMILES string of the molecule is CC(C)[C@H]1COc2c3[n+](c(P(F)(F)(c4ccccc4)c4ccccc4)n21)[C@@H](C(C)C)CO3. The Morgan fingerprint density at radius 3 is 1.91 bits per heavy atom. The van der Waals surface area contributed by atoms with Crippen LogP contribution < -0.4 is 30.2 Å². The molecule has 0 N–H and O–H groups in total. The van der Waals surface area contributed by atoms with Gasteiger partial charge in [-0.05, 0) is 0 Å². The molecule has 0 aliphatic carbocycles. The van der Waals surface area contributed by atoms with Crippen LogP contribution in [0.2, 0.25) is 0 Å². The van der Waals surface area contributed by atoms with Crippen molar-refractivity contribution in [3.63, 3.8) is 0 Å². The van der Waals surface area contributed by atoms with Crippen molar-refractivity contribution in [2.45, 2.75) is 39.8 Å². The molecule has 0 saturated carbocycles. The molecule has 32 heavy (non-hydrogen) atoms. The maximum absolute atomic E-state index is 18.0. The van der Waals surface area contributed by atoms with Gasteiger partial charge in [-0.25, -0.2) is 0 Å². The minimum atomic E-state index is -5.87. The number of benzene rings is 2. The fourth-order valence-corrected chi connectivity index (χ4v) is 8.35. The molecular weight excluding hydrogens is 429 g/mol. The summed E-state index contributed by atoms with van der Waals surface area (Å²) in [6, 6.07) is 16.3. The second-order valence-corrected chi connectivity index (χ2v) is 12.7. The number of aromatic nitrogens is 2. The molecule has 4 nitrogen and oxygen atoms in total. The van der Waals surface area contributed by atoms with Gasteiger partial charge in [0.15, 0.2) is 0 Å². The van der Waals surface area contributed by atoms with Crippen LogP contribution in [0.3, 0.4) is 0 Å². The summed E-state index contributed by atoms with van der Waals surface area (Å²) in [5.74, 6) is 1.15. The molecule has 2 atom stereocenters. The Bertz CT molecular complexity index is 1060. The van der Waals surface area contributed by atoms with E-state index in [4.69, 9.17) is 9.47 Å².